The summed E-state index contributed by atoms with van der Waals surface area (Å²) in [5, 5.41) is 10.8. The third kappa shape index (κ3) is 8.17. The molecule has 0 radical (unpaired) electrons. The molecule has 0 aromatic carbocycles. The quantitative estimate of drug-likeness (QED) is 0.249. The molecule has 2 aliphatic rings. The second-order valence-electron chi connectivity index (χ2n) is 14.9. The largest absolute Gasteiger partial charge is 0.357 e. The molecular weight excluding hydrogens is 500 g/mol. The summed E-state index contributed by atoms with van der Waals surface area (Å²) in [6.45, 7) is 22.5. The van der Waals surface area contributed by atoms with E-state index < -0.39 is 0 Å². The van der Waals surface area contributed by atoms with Crippen LogP contribution >= 0.6 is 0 Å². The average molecular weight is 561 g/mol. The highest BCUT2D eigenvalue weighted by Crippen LogP contribution is 2.37. The lowest BCUT2D eigenvalue weighted by atomic mass is 9.79. The smallest absolute Gasteiger partial charge is 0.233 e. The van der Waals surface area contributed by atoms with Crippen LogP contribution in [0.15, 0.2) is 0 Å². The van der Waals surface area contributed by atoms with Gasteiger partial charge in [0.2, 0.25) is 17.8 Å². The number of piperidine rings is 2. The Labute approximate surface area is 244 Å². The summed E-state index contributed by atoms with van der Waals surface area (Å²) in [7, 11) is 1.86. The second kappa shape index (κ2) is 12.2. The molecule has 1 aromatic heterocycles. The fourth-order valence-electron chi connectivity index (χ4n) is 7.66. The molecule has 3 rings (SSSR count). The molecule has 2 saturated heterocycles. The first-order chi connectivity index (χ1) is 18.4. The van der Waals surface area contributed by atoms with E-state index in [9.17, 15) is 0 Å². The number of nitrogens with one attached hydrogen (secondary N) is 3. The topological polar surface area (TPSA) is 133 Å². The van der Waals surface area contributed by atoms with Gasteiger partial charge in [-0.05, 0) is 93.9 Å². The van der Waals surface area contributed by atoms with Crippen LogP contribution in [0.3, 0.4) is 0 Å². The van der Waals surface area contributed by atoms with Gasteiger partial charge in [0.05, 0.1) is 12.3 Å². The molecule has 230 valence electrons. The van der Waals surface area contributed by atoms with Gasteiger partial charge >= 0.3 is 0 Å². The summed E-state index contributed by atoms with van der Waals surface area (Å²) >= 11 is 0. The Bertz CT molecular complexity index is 871. The maximum Gasteiger partial charge on any atom is 0.233 e. The predicted octanol–water partition coefficient (Wildman–Crippen LogP) is 4.31. The lowest BCUT2D eigenvalue weighted by Gasteiger charge is -2.51. The normalized spacial score (nSPS) is 23.8. The number of nitrogens with zero attached hydrogens (tertiary/aromatic N) is 5. The van der Waals surface area contributed by atoms with E-state index in [2.05, 4.69) is 95.0 Å². The van der Waals surface area contributed by atoms with Crippen LogP contribution in [0, 0.1) is 0 Å². The van der Waals surface area contributed by atoms with Gasteiger partial charge < -0.3 is 37.2 Å². The summed E-state index contributed by atoms with van der Waals surface area (Å²) in [5.41, 5.74) is 13.7. The van der Waals surface area contributed by atoms with Crippen molar-refractivity contribution in [3.63, 3.8) is 0 Å². The van der Waals surface area contributed by atoms with E-state index in [0.29, 0.717) is 17.8 Å². The number of rotatable bonds is 11. The molecule has 10 heteroatoms. The van der Waals surface area contributed by atoms with Gasteiger partial charge in [-0.2, -0.15) is 15.0 Å². The van der Waals surface area contributed by atoms with Crippen molar-refractivity contribution in [2.75, 3.05) is 22.2 Å². The average Bonchev–Trinajstić information content (AvgIpc) is 2.75. The predicted molar refractivity (Wildman–Crippen MR) is 169 cm³/mol. The molecule has 40 heavy (non-hydrogen) atoms. The van der Waals surface area contributed by atoms with Crippen LogP contribution in [0.1, 0.15) is 121 Å². The first-order valence-electron chi connectivity index (χ1n) is 15.5. The summed E-state index contributed by atoms with van der Waals surface area (Å²) in [6.07, 6.45) is 7.06. The Kier molecular flexibility index (Phi) is 10.0. The van der Waals surface area contributed by atoms with Crippen molar-refractivity contribution in [1.29, 1.82) is 0 Å². The Morgan fingerprint density at radius 1 is 0.700 bits per heavy atom. The van der Waals surface area contributed by atoms with E-state index in [1.165, 1.54) is 0 Å². The Morgan fingerprint density at radius 2 is 1.02 bits per heavy atom. The van der Waals surface area contributed by atoms with Gasteiger partial charge in [-0.3, -0.25) is 0 Å². The van der Waals surface area contributed by atoms with E-state index in [1.54, 1.807) is 0 Å². The third-order valence-corrected chi connectivity index (χ3v) is 8.30. The van der Waals surface area contributed by atoms with Crippen LogP contribution in [-0.2, 0) is 0 Å². The van der Waals surface area contributed by atoms with Crippen LogP contribution in [0.25, 0.3) is 0 Å². The van der Waals surface area contributed by atoms with Crippen molar-refractivity contribution in [3.8, 4) is 0 Å². The van der Waals surface area contributed by atoms with Gasteiger partial charge in [-0.25, -0.2) is 0 Å². The van der Waals surface area contributed by atoms with Crippen LogP contribution in [0.4, 0.5) is 17.8 Å². The molecule has 0 aliphatic carbocycles. The number of nitrogens with two attached hydrogens (primary N) is 2. The SMILES string of the molecule is CCCC(N)N(c1nc(NC)nc(N(C(N)CCC)C2CC(C)(C)NC(C)(C)C2)n1)C1CC(C)(C)NC(C)(C)C1. The maximum absolute atomic E-state index is 6.95. The van der Waals surface area contributed by atoms with Crippen molar-refractivity contribution in [2.45, 2.75) is 167 Å². The number of hydrogen-bond donors (Lipinski definition) is 5. The van der Waals surface area contributed by atoms with Crippen LogP contribution in [-0.4, -0.2) is 68.6 Å². The van der Waals surface area contributed by atoms with Crippen LogP contribution in [0.2, 0.25) is 0 Å². The van der Waals surface area contributed by atoms with Gasteiger partial charge in [0.15, 0.2) is 0 Å². The zero-order valence-corrected chi connectivity index (χ0v) is 27.4. The zero-order chi connectivity index (χ0) is 30.1. The molecule has 7 N–H and O–H groups in total. The van der Waals surface area contributed by atoms with E-state index >= 15 is 0 Å². The Hall–Kier alpha value is -1.75. The molecule has 0 saturated carbocycles. The molecule has 0 spiro atoms. The lowest BCUT2D eigenvalue weighted by molar-refractivity contribution is 0.152. The minimum Gasteiger partial charge on any atom is -0.357 e. The summed E-state index contributed by atoms with van der Waals surface area (Å²) in [4.78, 5) is 19.6. The maximum atomic E-state index is 6.95. The first-order valence-corrected chi connectivity index (χ1v) is 15.5. The fourth-order valence-corrected chi connectivity index (χ4v) is 7.66. The first kappa shape index (κ1) is 32.8. The number of hydrogen-bond acceptors (Lipinski definition) is 10. The van der Waals surface area contributed by atoms with Gasteiger partial charge in [-0.15, -0.1) is 0 Å². The Morgan fingerprint density at radius 3 is 1.30 bits per heavy atom. The summed E-state index contributed by atoms with van der Waals surface area (Å²) < 4.78 is 0. The molecule has 2 fully saturated rings. The van der Waals surface area contributed by atoms with Gasteiger partial charge in [0, 0.05) is 41.3 Å². The summed E-state index contributed by atoms with van der Waals surface area (Å²) in [5.74, 6) is 1.81. The molecule has 2 unspecified atom stereocenters. The second-order valence-corrected chi connectivity index (χ2v) is 14.9. The third-order valence-electron chi connectivity index (χ3n) is 8.30. The van der Waals surface area contributed by atoms with E-state index in [0.717, 1.165) is 51.4 Å². The minimum atomic E-state index is -0.200. The summed E-state index contributed by atoms with van der Waals surface area (Å²) in [6, 6.07) is 0.365. The van der Waals surface area contributed by atoms with Gasteiger partial charge in [0.25, 0.3) is 0 Å². The van der Waals surface area contributed by atoms with Crippen molar-refractivity contribution in [3.05, 3.63) is 0 Å². The monoisotopic (exact) mass is 561 g/mol. The van der Waals surface area contributed by atoms with E-state index in [-0.39, 0.29) is 46.6 Å². The van der Waals surface area contributed by atoms with Crippen LogP contribution in [0.5, 0.6) is 0 Å². The van der Waals surface area contributed by atoms with Crippen molar-refractivity contribution in [1.82, 2.24) is 25.6 Å². The van der Waals surface area contributed by atoms with Gasteiger partial charge in [-0.1, -0.05) is 26.7 Å². The standard InChI is InChI=1S/C30H60N10/c1-12-14-22(31)39(20-16-27(3,4)37-28(5,6)17-20)25-34-24(33-11)35-26(36-25)40(23(32)15-13-2)21-18-29(7,8)38-30(9,10)19-21/h20-23,37-38H,12-19,31-32H2,1-11H3,(H,33,34,35,36). The van der Waals surface area contributed by atoms with Gasteiger partial charge in [0.1, 0.15) is 0 Å². The van der Waals surface area contributed by atoms with Crippen molar-refractivity contribution >= 4 is 17.8 Å². The number of aromatic nitrogens is 3. The highest BCUT2D eigenvalue weighted by Gasteiger charge is 2.44. The molecule has 3 heterocycles. The molecule has 0 amide bonds. The highest BCUT2D eigenvalue weighted by atomic mass is 15.4. The van der Waals surface area contributed by atoms with E-state index in [1.807, 2.05) is 7.05 Å². The molecule has 0 bridgehead atoms. The molecule has 10 nitrogen and oxygen atoms in total. The van der Waals surface area contributed by atoms with Crippen molar-refractivity contribution in [2.24, 2.45) is 11.5 Å². The minimum absolute atomic E-state index is 0.0416. The number of anilines is 3. The highest BCUT2D eigenvalue weighted by molar-refractivity contribution is 5.48. The van der Waals surface area contributed by atoms with E-state index in [4.69, 9.17) is 26.4 Å². The van der Waals surface area contributed by atoms with Crippen molar-refractivity contribution < 1.29 is 0 Å². The molecule has 1 aromatic rings. The zero-order valence-electron chi connectivity index (χ0n) is 27.4. The molecular formula is C30H60N10. The molecule has 2 aliphatic heterocycles. The van der Waals surface area contributed by atoms with Crippen LogP contribution < -0.4 is 37.2 Å². The Balaban J connectivity index is 2.15. The lowest BCUT2D eigenvalue weighted by Crippen LogP contribution is -2.65. The fraction of sp³-hybridized carbons (Fsp3) is 0.900. The molecule has 2 atom stereocenters.